The molecule has 0 aliphatic carbocycles. The fraction of sp³-hybridized carbons (Fsp3) is 0.524. The maximum atomic E-state index is 12.2. The Labute approximate surface area is 169 Å². The van der Waals surface area contributed by atoms with Gasteiger partial charge in [-0.1, -0.05) is 53.1 Å². The first-order chi connectivity index (χ1) is 13.0. The van der Waals surface area contributed by atoms with Crippen molar-refractivity contribution in [1.29, 1.82) is 0 Å². The SMILES string of the molecule is COC(=O)CCCCCCN1C(=O)CCC1C=CC(O)c1cccc(Br)c1. The molecule has 5 nitrogen and oxygen atoms in total. The van der Waals surface area contributed by atoms with E-state index in [0.29, 0.717) is 12.8 Å². The van der Waals surface area contributed by atoms with E-state index in [0.717, 1.165) is 48.7 Å². The van der Waals surface area contributed by atoms with Gasteiger partial charge < -0.3 is 14.7 Å². The second-order valence-electron chi connectivity index (χ2n) is 6.82. The van der Waals surface area contributed by atoms with Gasteiger partial charge >= 0.3 is 5.97 Å². The Bertz CT molecular complexity index is 661. The summed E-state index contributed by atoms with van der Waals surface area (Å²) in [4.78, 5) is 25.1. The van der Waals surface area contributed by atoms with Gasteiger partial charge in [-0.3, -0.25) is 9.59 Å². The summed E-state index contributed by atoms with van der Waals surface area (Å²) in [6.45, 7) is 0.721. The molecule has 6 heteroatoms. The van der Waals surface area contributed by atoms with Crippen molar-refractivity contribution < 1.29 is 19.4 Å². The summed E-state index contributed by atoms with van der Waals surface area (Å²) >= 11 is 3.41. The van der Waals surface area contributed by atoms with Crippen LogP contribution < -0.4 is 0 Å². The maximum absolute atomic E-state index is 12.2. The van der Waals surface area contributed by atoms with Crippen LogP contribution in [0.25, 0.3) is 0 Å². The highest BCUT2D eigenvalue weighted by atomic mass is 79.9. The van der Waals surface area contributed by atoms with Crippen molar-refractivity contribution in [2.75, 3.05) is 13.7 Å². The third kappa shape index (κ3) is 7.11. The number of carbonyl (C=O) groups excluding carboxylic acids is 2. The van der Waals surface area contributed by atoms with Crippen molar-refractivity contribution >= 4 is 27.8 Å². The summed E-state index contributed by atoms with van der Waals surface area (Å²) in [7, 11) is 1.41. The Kier molecular flexibility index (Phi) is 9.01. The van der Waals surface area contributed by atoms with E-state index >= 15 is 0 Å². The lowest BCUT2D eigenvalue weighted by atomic mass is 10.1. The Balaban J connectivity index is 1.78. The molecule has 1 aromatic carbocycles. The molecule has 1 aliphatic rings. The third-order valence-corrected chi connectivity index (χ3v) is 5.33. The van der Waals surface area contributed by atoms with E-state index in [1.165, 1.54) is 7.11 Å². The lowest BCUT2D eigenvalue weighted by molar-refractivity contribution is -0.140. The Hall–Kier alpha value is -1.66. The fourth-order valence-electron chi connectivity index (χ4n) is 3.29. The number of carbonyl (C=O) groups is 2. The van der Waals surface area contributed by atoms with Crippen LogP contribution in [0.3, 0.4) is 0 Å². The van der Waals surface area contributed by atoms with E-state index in [1.54, 1.807) is 6.08 Å². The van der Waals surface area contributed by atoms with Crippen LogP contribution in [0, 0.1) is 0 Å². The number of unbranched alkanes of at least 4 members (excludes halogenated alkanes) is 3. The van der Waals surface area contributed by atoms with Crippen molar-refractivity contribution in [3.63, 3.8) is 0 Å². The maximum Gasteiger partial charge on any atom is 0.305 e. The highest BCUT2D eigenvalue weighted by molar-refractivity contribution is 9.10. The van der Waals surface area contributed by atoms with Gasteiger partial charge in [0.25, 0.3) is 0 Å². The number of nitrogens with zero attached hydrogens (tertiary/aromatic N) is 1. The van der Waals surface area contributed by atoms with Gasteiger partial charge in [-0.25, -0.2) is 0 Å². The molecule has 1 saturated heterocycles. The second kappa shape index (κ2) is 11.2. The molecule has 1 aromatic rings. The number of likely N-dealkylation sites (tertiary alicyclic amines) is 1. The molecular formula is C21H28BrNO4. The standard InChI is InChI=1S/C21H28BrNO4/c1-27-21(26)9-4-2-3-5-14-23-18(11-13-20(23)25)10-12-19(24)16-7-6-8-17(22)15-16/h6-8,10,12,15,18-19,24H,2-5,9,11,13-14H2,1H3. The first-order valence-corrected chi connectivity index (χ1v) is 10.3. The van der Waals surface area contributed by atoms with E-state index in [4.69, 9.17) is 0 Å². The van der Waals surface area contributed by atoms with Crippen LogP contribution in [0.5, 0.6) is 0 Å². The summed E-state index contributed by atoms with van der Waals surface area (Å²) in [5, 5.41) is 10.3. The number of aliphatic hydroxyl groups is 1. The molecule has 2 atom stereocenters. The minimum Gasteiger partial charge on any atom is -0.469 e. The number of halogens is 1. The molecule has 1 amide bonds. The first-order valence-electron chi connectivity index (χ1n) is 9.49. The molecule has 27 heavy (non-hydrogen) atoms. The second-order valence-corrected chi connectivity index (χ2v) is 7.73. The fourth-order valence-corrected chi connectivity index (χ4v) is 3.71. The topological polar surface area (TPSA) is 66.8 Å². The largest absolute Gasteiger partial charge is 0.469 e. The first kappa shape index (κ1) is 21.6. The van der Waals surface area contributed by atoms with Crippen LogP contribution in [0.1, 0.15) is 56.6 Å². The molecule has 2 unspecified atom stereocenters. The van der Waals surface area contributed by atoms with Crippen molar-refractivity contribution in [3.8, 4) is 0 Å². The minimum atomic E-state index is -0.682. The van der Waals surface area contributed by atoms with Gasteiger partial charge in [0, 0.05) is 23.9 Å². The van der Waals surface area contributed by atoms with Crippen LogP contribution in [-0.2, 0) is 14.3 Å². The minimum absolute atomic E-state index is 0.0503. The zero-order valence-corrected chi connectivity index (χ0v) is 17.4. The summed E-state index contributed by atoms with van der Waals surface area (Å²) in [6, 6.07) is 7.63. The van der Waals surface area contributed by atoms with Gasteiger partial charge in [0.2, 0.25) is 5.91 Å². The molecule has 148 valence electrons. The molecule has 0 saturated carbocycles. The summed E-state index contributed by atoms with van der Waals surface area (Å²) in [5.74, 6) is 0.00933. The van der Waals surface area contributed by atoms with E-state index < -0.39 is 6.10 Å². The number of esters is 1. The Morgan fingerprint density at radius 3 is 2.89 bits per heavy atom. The monoisotopic (exact) mass is 437 g/mol. The molecule has 0 bridgehead atoms. The van der Waals surface area contributed by atoms with Gasteiger partial charge in [-0.05, 0) is 37.0 Å². The number of amides is 1. The van der Waals surface area contributed by atoms with Crippen LogP contribution in [0.2, 0.25) is 0 Å². The van der Waals surface area contributed by atoms with E-state index in [-0.39, 0.29) is 17.9 Å². The van der Waals surface area contributed by atoms with E-state index in [1.807, 2.05) is 35.2 Å². The van der Waals surface area contributed by atoms with E-state index in [9.17, 15) is 14.7 Å². The quantitative estimate of drug-likeness (QED) is 0.339. The van der Waals surface area contributed by atoms with Gasteiger partial charge in [0.1, 0.15) is 0 Å². The number of benzene rings is 1. The smallest absolute Gasteiger partial charge is 0.305 e. The zero-order chi connectivity index (χ0) is 19.6. The van der Waals surface area contributed by atoms with Crippen molar-refractivity contribution in [1.82, 2.24) is 4.90 Å². The normalized spacial score (nSPS) is 18.3. The highest BCUT2D eigenvalue weighted by Gasteiger charge is 2.28. The number of ether oxygens (including phenoxy) is 1. The van der Waals surface area contributed by atoms with E-state index in [2.05, 4.69) is 20.7 Å². The molecule has 0 aromatic heterocycles. The zero-order valence-electron chi connectivity index (χ0n) is 15.8. The van der Waals surface area contributed by atoms with Crippen molar-refractivity contribution in [3.05, 3.63) is 46.5 Å². The average Bonchev–Trinajstić information content (AvgIpc) is 3.02. The summed E-state index contributed by atoms with van der Waals surface area (Å²) in [6.07, 6.45) is 8.54. The van der Waals surface area contributed by atoms with Crippen molar-refractivity contribution in [2.45, 2.75) is 57.1 Å². The van der Waals surface area contributed by atoms with Crippen LogP contribution in [0.4, 0.5) is 0 Å². The number of rotatable bonds is 10. The molecular weight excluding hydrogens is 410 g/mol. The van der Waals surface area contributed by atoms with Crippen LogP contribution >= 0.6 is 15.9 Å². The van der Waals surface area contributed by atoms with Gasteiger partial charge in [0.15, 0.2) is 0 Å². The predicted octanol–water partition coefficient (Wildman–Crippen LogP) is 4.15. The predicted molar refractivity (Wildman–Crippen MR) is 108 cm³/mol. The molecule has 1 fully saturated rings. The molecule has 0 radical (unpaired) electrons. The summed E-state index contributed by atoms with van der Waals surface area (Å²) < 4.78 is 5.56. The third-order valence-electron chi connectivity index (χ3n) is 4.84. The van der Waals surface area contributed by atoms with Crippen LogP contribution in [0.15, 0.2) is 40.9 Å². The van der Waals surface area contributed by atoms with Crippen LogP contribution in [-0.4, -0.2) is 41.6 Å². The lowest BCUT2D eigenvalue weighted by Crippen LogP contribution is -2.32. The molecule has 1 heterocycles. The Morgan fingerprint density at radius 2 is 2.15 bits per heavy atom. The van der Waals surface area contributed by atoms with Gasteiger partial charge in [0.05, 0.1) is 19.3 Å². The number of methoxy groups -OCH3 is 1. The lowest BCUT2D eigenvalue weighted by Gasteiger charge is -2.22. The molecule has 2 rings (SSSR count). The number of hydrogen-bond acceptors (Lipinski definition) is 4. The van der Waals surface area contributed by atoms with Crippen molar-refractivity contribution in [2.24, 2.45) is 0 Å². The summed E-state index contributed by atoms with van der Waals surface area (Å²) in [5.41, 5.74) is 0.821. The highest BCUT2D eigenvalue weighted by Crippen LogP contribution is 2.24. The molecule has 1 aliphatic heterocycles. The van der Waals surface area contributed by atoms with Gasteiger partial charge in [-0.2, -0.15) is 0 Å². The number of hydrogen-bond donors (Lipinski definition) is 1. The van der Waals surface area contributed by atoms with Gasteiger partial charge in [-0.15, -0.1) is 0 Å². The Morgan fingerprint density at radius 1 is 1.37 bits per heavy atom. The average molecular weight is 438 g/mol. The molecule has 0 spiro atoms. The molecule has 1 N–H and O–H groups in total. The number of aliphatic hydroxyl groups excluding tert-OH is 1.